The Labute approximate surface area is 304 Å². The largest absolute Gasteiger partial charge is 0.457 e. The SMILES string of the molecule is CCCCCCCCCCCCCCCCCCOCC(COC1OC(COC2OC(CO)C(O)C(O)C2O)C(O)C(O)C1O)OC(=O)CCC. The quantitative estimate of drug-likeness (QED) is 0.0434. The van der Waals surface area contributed by atoms with Crippen LogP contribution in [0.1, 0.15) is 129 Å². The van der Waals surface area contributed by atoms with Gasteiger partial charge in [-0.1, -0.05) is 110 Å². The van der Waals surface area contributed by atoms with Gasteiger partial charge in [0, 0.05) is 13.0 Å². The van der Waals surface area contributed by atoms with Gasteiger partial charge in [0.1, 0.15) is 54.9 Å². The molecule has 0 spiro atoms. The molecule has 302 valence electrons. The van der Waals surface area contributed by atoms with Crippen LogP contribution in [0.15, 0.2) is 0 Å². The zero-order chi connectivity index (χ0) is 37.4. The summed E-state index contributed by atoms with van der Waals surface area (Å²) in [4.78, 5) is 12.3. The molecule has 2 aliphatic heterocycles. The number of esters is 1. The van der Waals surface area contributed by atoms with Crippen molar-refractivity contribution in [3.05, 3.63) is 0 Å². The van der Waals surface area contributed by atoms with Crippen molar-refractivity contribution in [2.75, 3.05) is 33.0 Å². The van der Waals surface area contributed by atoms with Crippen molar-refractivity contribution in [2.24, 2.45) is 0 Å². The second kappa shape index (κ2) is 27.6. The fourth-order valence-corrected chi connectivity index (χ4v) is 6.32. The summed E-state index contributed by atoms with van der Waals surface area (Å²) in [5.41, 5.74) is 0. The molecule has 0 aromatic rings. The summed E-state index contributed by atoms with van der Waals surface area (Å²) in [7, 11) is 0. The third kappa shape index (κ3) is 17.8. The number of aliphatic hydroxyl groups is 7. The molecule has 51 heavy (non-hydrogen) atoms. The van der Waals surface area contributed by atoms with Crippen molar-refractivity contribution >= 4 is 5.97 Å². The van der Waals surface area contributed by atoms with Gasteiger partial charge in [0.25, 0.3) is 0 Å². The third-order valence-corrected chi connectivity index (χ3v) is 9.59. The van der Waals surface area contributed by atoms with Gasteiger partial charge in [-0.2, -0.15) is 0 Å². The molecule has 11 unspecified atom stereocenters. The molecule has 2 heterocycles. The van der Waals surface area contributed by atoms with Gasteiger partial charge in [-0.3, -0.25) is 4.79 Å². The summed E-state index contributed by atoms with van der Waals surface area (Å²) in [6.07, 6.45) is 5.11. The van der Waals surface area contributed by atoms with Crippen LogP contribution in [-0.2, 0) is 33.2 Å². The molecule has 0 saturated carbocycles. The number of aliphatic hydroxyl groups excluding tert-OH is 7. The summed E-state index contributed by atoms with van der Waals surface area (Å²) in [6.45, 7) is 3.30. The molecule has 0 amide bonds. The molecule has 0 aromatic carbocycles. The number of ether oxygens (including phenoxy) is 6. The first-order valence-electron chi connectivity index (χ1n) is 19.6. The van der Waals surface area contributed by atoms with Crippen LogP contribution in [0.4, 0.5) is 0 Å². The predicted octanol–water partition coefficient (Wildman–Crippen LogP) is 2.62. The average molecular weight is 739 g/mol. The van der Waals surface area contributed by atoms with Crippen molar-refractivity contribution in [2.45, 2.75) is 197 Å². The molecular formula is C37H70O14. The fourth-order valence-electron chi connectivity index (χ4n) is 6.32. The van der Waals surface area contributed by atoms with Gasteiger partial charge in [0.2, 0.25) is 0 Å². The molecule has 0 radical (unpaired) electrons. The van der Waals surface area contributed by atoms with Crippen molar-refractivity contribution in [1.29, 1.82) is 0 Å². The van der Waals surface area contributed by atoms with E-state index in [0.29, 0.717) is 13.0 Å². The summed E-state index contributed by atoms with van der Waals surface area (Å²) < 4.78 is 33.5. The van der Waals surface area contributed by atoms with Crippen LogP contribution in [0.3, 0.4) is 0 Å². The van der Waals surface area contributed by atoms with E-state index >= 15 is 0 Å². The first kappa shape index (κ1) is 46.1. The van der Waals surface area contributed by atoms with Crippen molar-refractivity contribution in [1.82, 2.24) is 0 Å². The lowest BCUT2D eigenvalue weighted by atomic mass is 9.98. The standard InChI is InChI=1S/C37H70O14/c1-3-5-6-7-8-9-10-11-12-13-14-15-16-17-18-19-21-46-23-26(49-29(39)20-4-2)24-47-36-35(45)33(43)31(41)28(51-36)25-48-37-34(44)32(42)30(40)27(22-38)50-37/h26-28,30-38,40-45H,3-25H2,1-2H3. The summed E-state index contributed by atoms with van der Waals surface area (Å²) in [5, 5.41) is 71.1. The summed E-state index contributed by atoms with van der Waals surface area (Å²) >= 11 is 0. The molecule has 11 atom stereocenters. The molecule has 0 bridgehead atoms. The first-order chi connectivity index (χ1) is 24.6. The van der Waals surface area contributed by atoms with Crippen molar-refractivity contribution in [3.63, 3.8) is 0 Å². The highest BCUT2D eigenvalue weighted by molar-refractivity contribution is 5.69. The van der Waals surface area contributed by atoms with E-state index < -0.39 is 86.7 Å². The minimum absolute atomic E-state index is 0.0613. The average Bonchev–Trinajstić information content (AvgIpc) is 3.12. The van der Waals surface area contributed by atoms with E-state index in [-0.39, 0.29) is 19.6 Å². The van der Waals surface area contributed by atoms with E-state index in [1.165, 1.54) is 83.5 Å². The van der Waals surface area contributed by atoms with Crippen molar-refractivity contribution < 1.29 is 69.0 Å². The van der Waals surface area contributed by atoms with Gasteiger partial charge in [0.15, 0.2) is 12.6 Å². The Hall–Kier alpha value is -1.01. The minimum Gasteiger partial charge on any atom is -0.457 e. The summed E-state index contributed by atoms with van der Waals surface area (Å²) in [6, 6.07) is 0. The lowest BCUT2D eigenvalue weighted by molar-refractivity contribution is -0.332. The maximum absolute atomic E-state index is 12.3. The summed E-state index contributed by atoms with van der Waals surface area (Å²) in [5.74, 6) is -0.427. The van der Waals surface area contributed by atoms with Crippen LogP contribution in [0.5, 0.6) is 0 Å². The van der Waals surface area contributed by atoms with Crippen LogP contribution in [-0.4, -0.2) is 142 Å². The van der Waals surface area contributed by atoms with Crippen LogP contribution >= 0.6 is 0 Å². The smallest absolute Gasteiger partial charge is 0.306 e. The van der Waals surface area contributed by atoms with Crippen molar-refractivity contribution in [3.8, 4) is 0 Å². The monoisotopic (exact) mass is 738 g/mol. The van der Waals surface area contributed by atoms with Gasteiger partial charge in [0.05, 0.1) is 26.4 Å². The Morgan fingerprint density at radius 2 is 1.04 bits per heavy atom. The topological polar surface area (TPSA) is 214 Å². The number of carbonyl (C=O) groups excluding carboxylic acids is 1. The fraction of sp³-hybridized carbons (Fsp3) is 0.973. The molecule has 14 heteroatoms. The van der Waals surface area contributed by atoms with Gasteiger partial charge in [-0.15, -0.1) is 0 Å². The second-order valence-electron chi connectivity index (χ2n) is 14.1. The highest BCUT2D eigenvalue weighted by atomic mass is 16.7. The molecule has 0 aromatic heterocycles. The molecular weight excluding hydrogens is 668 g/mol. The van der Waals surface area contributed by atoms with Gasteiger partial charge < -0.3 is 64.2 Å². The molecule has 2 rings (SSSR count). The number of carbonyl (C=O) groups is 1. The highest BCUT2D eigenvalue weighted by Gasteiger charge is 2.47. The maximum atomic E-state index is 12.3. The van der Waals surface area contributed by atoms with Crippen LogP contribution in [0.25, 0.3) is 0 Å². The van der Waals surface area contributed by atoms with E-state index in [1.807, 2.05) is 6.92 Å². The Morgan fingerprint density at radius 3 is 1.55 bits per heavy atom. The van der Waals surface area contributed by atoms with Crippen LogP contribution in [0, 0.1) is 0 Å². The normalized spacial score (nSPS) is 30.4. The molecule has 7 N–H and O–H groups in total. The number of unbranched alkanes of at least 4 members (excludes halogenated alkanes) is 15. The Bertz CT molecular complexity index is 865. The molecule has 14 nitrogen and oxygen atoms in total. The van der Waals surface area contributed by atoms with Crippen LogP contribution in [0.2, 0.25) is 0 Å². The molecule has 2 saturated heterocycles. The number of hydrogen-bond donors (Lipinski definition) is 7. The third-order valence-electron chi connectivity index (χ3n) is 9.59. The Kier molecular flexibility index (Phi) is 24.9. The van der Waals surface area contributed by atoms with E-state index in [4.69, 9.17) is 28.4 Å². The minimum atomic E-state index is -1.70. The van der Waals surface area contributed by atoms with Crippen LogP contribution < -0.4 is 0 Å². The van der Waals surface area contributed by atoms with E-state index in [2.05, 4.69) is 6.92 Å². The molecule has 2 fully saturated rings. The zero-order valence-electron chi connectivity index (χ0n) is 31.1. The molecule has 2 aliphatic rings. The van der Waals surface area contributed by atoms with E-state index in [9.17, 15) is 40.5 Å². The lowest BCUT2D eigenvalue weighted by Gasteiger charge is -2.42. The number of hydrogen-bond acceptors (Lipinski definition) is 14. The van der Waals surface area contributed by atoms with E-state index in [0.717, 1.165) is 19.3 Å². The van der Waals surface area contributed by atoms with Gasteiger partial charge in [-0.05, 0) is 12.8 Å². The first-order valence-corrected chi connectivity index (χ1v) is 19.6. The second-order valence-corrected chi connectivity index (χ2v) is 14.1. The molecule has 0 aliphatic carbocycles. The Balaban J connectivity index is 1.68. The maximum Gasteiger partial charge on any atom is 0.306 e. The lowest BCUT2D eigenvalue weighted by Crippen LogP contribution is -2.61. The Morgan fingerprint density at radius 1 is 0.569 bits per heavy atom. The van der Waals surface area contributed by atoms with E-state index in [1.54, 1.807) is 0 Å². The zero-order valence-corrected chi connectivity index (χ0v) is 31.1. The van der Waals surface area contributed by atoms with Gasteiger partial charge in [-0.25, -0.2) is 0 Å². The number of rotatable bonds is 29. The predicted molar refractivity (Wildman–Crippen MR) is 188 cm³/mol. The highest BCUT2D eigenvalue weighted by Crippen LogP contribution is 2.26. The van der Waals surface area contributed by atoms with Gasteiger partial charge >= 0.3 is 5.97 Å².